The molecular weight excluding hydrogens is 474 g/mol. The van der Waals surface area contributed by atoms with Crippen LogP contribution in [0, 0.1) is 0 Å². The van der Waals surface area contributed by atoms with E-state index in [0.29, 0.717) is 6.04 Å². The number of hydrogen-bond acceptors (Lipinski definition) is 4. The fourth-order valence-corrected chi connectivity index (χ4v) is 6.33. The summed E-state index contributed by atoms with van der Waals surface area (Å²) in [6, 6.07) is 39.4. The zero-order valence-corrected chi connectivity index (χ0v) is 21.6. The zero-order chi connectivity index (χ0) is 25.0. The van der Waals surface area contributed by atoms with Crippen molar-refractivity contribution in [1.82, 2.24) is 9.88 Å². The van der Waals surface area contributed by atoms with E-state index in [2.05, 4.69) is 124 Å². The summed E-state index contributed by atoms with van der Waals surface area (Å²) in [6.45, 7) is 2.83. The van der Waals surface area contributed by atoms with Crippen molar-refractivity contribution in [2.24, 2.45) is 0 Å². The molecule has 0 bridgehead atoms. The van der Waals surface area contributed by atoms with E-state index in [9.17, 15) is 5.11 Å². The first-order valence-electron chi connectivity index (χ1n) is 12.9. The number of thiazole rings is 1. The quantitative estimate of drug-likeness (QED) is 0.240. The van der Waals surface area contributed by atoms with Crippen LogP contribution in [-0.4, -0.2) is 35.1 Å². The Morgan fingerprint density at radius 1 is 0.703 bits per heavy atom. The highest BCUT2D eigenvalue weighted by Gasteiger charge is 2.37. The third-order valence-electron chi connectivity index (χ3n) is 7.43. The van der Waals surface area contributed by atoms with Gasteiger partial charge in [-0.25, -0.2) is 0 Å². The SMILES string of the molecule is [O]c1nc2cc(N3CCN(Cc4ccccc4)C(Cc4ccccc4)C3Cc3ccccc3)ccc2s1. The highest BCUT2D eigenvalue weighted by atomic mass is 32.1. The molecule has 6 rings (SSSR count). The van der Waals surface area contributed by atoms with E-state index in [0.717, 1.165) is 48.4 Å². The largest absolute Gasteiger partial charge is 0.365 e. The lowest BCUT2D eigenvalue weighted by Crippen LogP contribution is -2.61. The van der Waals surface area contributed by atoms with E-state index in [1.54, 1.807) is 0 Å². The third kappa shape index (κ3) is 5.38. The van der Waals surface area contributed by atoms with Gasteiger partial charge in [-0.1, -0.05) is 102 Å². The van der Waals surface area contributed by atoms with Crippen LogP contribution in [0.25, 0.3) is 10.2 Å². The van der Waals surface area contributed by atoms with Crippen molar-refractivity contribution >= 4 is 27.2 Å². The van der Waals surface area contributed by atoms with Crippen molar-refractivity contribution < 1.29 is 5.11 Å². The minimum atomic E-state index is -0.123. The number of fused-ring (bicyclic) bond motifs is 1. The lowest BCUT2D eigenvalue weighted by Gasteiger charge is -2.49. The zero-order valence-electron chi connectivity index (χ0n) is 20.7. The van der Waals surface area contributed by atoms with Crippen LogP contribution in [0.1, 0.15) is 16.7 Å². The number of benzene rings is 4. The lowest BCUT2D eigenvalue weighted by molar-refractivity contribution is 0.130. The molecule has 0 amide bonds. The van der Waals surface area contributed by atoms with Crippen molar-refractivity contribution in [2.45, 2.75) is 31.5 Å². The molecule has 1 aliphatic rings. The van der Waals surface area contributed by atoms with Crippen LogP contribution in [-0.2, 0) is 24.5 Å². The first kappa shape index (κ1) is 23.7. The van der Waals surface area contributed by atoms with Gasteiger partial charge < -0.3 is 4.90 Å². The van der Waals surface area contributed by atoms with E-state index in [1.165, 1.54) is 28.0 Å². The summed E-state index contributed by atoms with van der Waals surface area (Å²) in [4.78, 5) is 9.49. The maximum atomic E-state index is 11.9. The molecule has 1 aromatic heterocycles. The van der Waals surface area contributed by atoms with Crippen molar-refractivity contribution in [1.29, 1.82) is 0 Å². The summed E-state index contributed by atoms with van der Waals surface area (Å²) >= 11 is 1.22. The Bertz CT molecular complexity index is 1440. The molecule has 2 heterocycles. The highest BCUT2D eigenvalue weighted by Crippen LogP contribution is 2.34. The summed E-state index contributed by atoms with van der Waals surface area (Å²) in [5, 5.41) is 11.8. The van der Waals surface area contributed by atoms with Crippen molar-refractivity contribution in [3.63, 3.8) is 0 Å². The number of hydrogen-bond donors (Lipinski definition) is 0. The maximum Gasteiger partial charge on any atom is 0.327 e. The Hall–Kier alpha value is -3.67. The molecule has 185 valence electrons. The molecule has 0 aliphatic carbocycles. The Balaban J connectivity index is 1.40. The van der Waals surface area contributed by atoms with Gasteiger partial charge in [-0.15, -0.1) is 0 Å². The average Bonchev–Trinajstić information content (AvgIpc) is 3.31. The second-order valence-electron chi connectivity index (χ2n) is 9.80. The molecule has 1 saturated heterocycles. The van der Waals surface area contributed by atoms with Gasteiger partial charge in [0.1, 0.15) is 0 Å². The lowest BCUT2D eigenvalue weighted by atomic mass is 9.89. The van der Waals surface area contributed by atoms with Gasteiger partial charge in [0.15, 0.2) is 0 Å². The van der Waals surface area contributed by atoms with E-state index < -0.39 is 0 Å². The van der Waals surface area contributed by atoms with Crippen molar-refractivity contribution in [3.8, 4) is 5.19 Å². The fourth-order valence-electron chi connectivity index (χ4n) is 5.65. The van der Waals surface area contributed by atoms with Gasteiger partial charge >= 0.3 is 5.19 Å². The van der Waals surface area contributed by atoms with E-state index in [-0.39, 0.29) is 11.2 Å². The second-order valence-corrected chi connectivity index (χ2v) is 10.8. The maximum absolute atomic E-state index is 11.9. The second kappa shape index (κ2) is 10.8. The van der Waals surface area contributed by atoms with Gasteiger partial charge in [0, 0.05) is 37.4 Å². The van der Waals surface area contributed by atoms with Crippen LogP contribution in [0.3, 0.4) is 0 Å². The molecule has 0 spiro atoms. The Morgan fingerprint density at radius 3 is 1.95 bits per heavy atom. The number of piperazine rings is 1. The molecule has 0 N–H and O–H groups in total. The first-order valence-corrected chi connectivity index (χ1v) is 13.7. The van der Waals surface area contributed by atoms with Gasteiger partial charge in [-0.3, -0.25) is 10.0 Å². The highest BCUT2D eigenvalue weighted by molar-refractivity contribution is 7.20. The van der Waals surface area contributed by atoms with E-state index in [4.69, 9.17) is 0 Å². The molecule has 0 saturated carbocycles. The molecule has 5 aromatic rings. The smallest absolute Gasteiger partial charge is 0.327 e. The minimum absolute atomic E-state index is 0.123. The predicted molar refractivity (Wildman–Crippen MR) is 152 cm³/mol. The van der Waals surface area contributed by atoms with Crippen LogP contribution in [0.2, 0.25) is 0 Å². The molecular formula is C32H30N3OS. The molecule has 4 nitrogen and oxygen atoms in total. The molecule has 1 radical (unpaired) electrons. The van der Waals surface area contributed by atoms with Crippen LogP contribution >= 0.6 is 11.3 Å². The summed E-state index contributed by atoms with van der Waals surface area (Å²) in [7, 11) is 0. The molecule has 37 heavy (non-hydrogen) atoms. The molecule has 2 unspecified atom stereocenters. The standard InChI is InChI=1S/C32H30N3OS/c36-32-33-28-22-27(16-17-31(28)37-32)35-19-18-34(23-26-14-8-3-9-15-26)29(20-24-10-4-1-5-11-24)30(35)21-25-12-6-2-7-13-25/h1-17,22,29-30H,18-21,23H2. The van der Waals surface area contributed by atoms with Crippen LogP contribution < -0.4 is 4.90 Å². The number of nitrogens with zero attached hydrogens (tertiary/aromatic N) is 3. The summed E-state index contributed by atoms with van der Waals surface area (Å²) in [6.07, 6.45) is 1.93. The summed E-state index contributed by atoms with van der Waals surface area (Å²) in [5.41, 5.74) is 6.00. The average molecular weight is 505 g/mol. The monoisotopic (exact) mass is 504 g/mol. The van der Waals surface area contributed by atoms with Gasteiger partial charge in [-0.05, 0) is 47.7 Å². The van der Waals surface area contributed by atoms with Crippen LogP contribution in [0.5, 0.6) is 5.19 Å². The van der Waals surface area contributed by atoms with Crippen molar-refractivity contribution in [2.75, 3.05) is 18.0 Å². The van der Waals surface area contributed by atoms with E-state index in [1.807, 2.05) is 0 Å². The summed E-state index contributed by atoms with van der Waals surface area (Å²) < 4.78 is 0.955. The molecule has 4 aromatic carbocycles. The molecule has 1 fully saturated rings. The van der Waals surface area contributed by atoms with Crippen molar-refractivity contribution in [3.05, 3.63) is 126 Å². The third-order valence-corrected chi connectivity index (χ3v) is 8.26. The number of aromatic nitrogens is 1. The Morgan fingerprint density at radius 2 is 1.30 bits per heavy atom. The number of rotatable bonds is 7. The van der Waals surface area contributed by atoms with Crippen LogP contribution in [0.4, 0.5) is 5.69 Å². The topological polar surface area (TPSA) is 39.3 Å². The van der Waals surface area contributed by atoms with Gasteiger partial charge in [0.25, 0.3) is 0 Å². The fraction of sp³-hybridized carbons (Fsp3) is 0.219. The van der Waals surface area contributed by atoms with Crippen LogP contribution in [0.15, 0.2) is 109 Å². The summed E-state index contributed by atoms with van der Waals surface area (Å²) in [5.74, 6) is 0. The predicted octanol–water partition coefficient (Wildman–Crippen LogP) is 6.98. The van der Waals surface area contributed by atoms with Gasteiger partial charge in [0.2, 0.25) is 0 Å². The van der Waals surface area contributed by atoms with E-state index >= 15 is 0 Å². The minimum Gasteiger partial charge on any atom is -0.365 e. The Kier molecular flexibility index (Phi) is 6.89. The van der Waals surface area contributed by atoms with Gasteiger partial charge in [-0.2, -0.15) is 4.98 Å². The van der Waals surface area contributed by atoms with Gasteiger partial charge in [0.05, 0.1) is 10.2 Å². The molecule has 5 heteroatoms. The normalized spacial score (nSPS) is 18.3. The first-order chi connectivity index (χ1) is 18.2. The molecule has 2 atom stereocenters. The molecule has 1 aliphatic heterocycles. The number of anilines is 1. The Labute approximate surface area is 222 Å².